The first-order valence-corrected chi connectivity index (χ1v) is 9.19. The molecule has 26 heavy (non-hydrogen) atoms. The highest BCUT2D eigenvalue weighted by atomic mass is 16.2. The number of pyridine rings is 1. The van der Waals surface area contributed by atoms with Crippen molar-refractivity contribution in [3.8, 4) is 11.1 Å². The lowest BCUT2D eigenvalue weighted by atomic mass is 9.94. The number of carbonyl (C=O) groups excluding carboxylic acids is 1. The normalized spacial score (nSPS) is 15.0. The average molecular weight is 352 g/mol. The molecule has 2 aromatic rings. The number of amides is 1. The van der Waals surface area contributed by atoms with Crippen LogP contribution in [0.3, 0.4) is 0 Å². The Labute approximate surface area is 155 Å². The molecule has 1 aromatic heterocycles. The number of nitrogens with zero attached hydrogens (tertiary/aromatic N) is 2. The lowest BCUT2D eigenvalue weighted by Gasteiger charge is -2.29. The number of anilines is 2. The molecule has 5 heteroatoms. The van der Waals surface area contributed by atoms with Crippen LogP contribution in [0.25, 0.3) is 11.1 Å². The zero-order valence-electron chi connectivity index (χ0n) is 16.1. The fourth-order valence-corrected chi connectivity index (χ4v) is 3.02. The standard InChI is InChI=1S/C21H28N4O/c1-15-7-5-6-8-16(15)17-13-19(25-11-9-22-10-12-25)23-14-18(17)24-20(26)21(2,3)4/h5-8,13-14,22H,9-12H2,1-4H3,(H,24,26). The van der Waals surface area contributed by atoms with Gasteiger partial charge in [-0.25, -0.2) is 4.98 Å². The number of piperazine rings is 1. The predicted octanol–water partition coefficient (Wildman–Crippen LogP) is 3.45. The van der Waals surface area contributed by atoms with Crippen molar-refractivity contribution in [3.05, 3.63) is 42.1 Å². The third-order valence-corrected chi connectivity index (χ3v) is 4.70. The molecule has 1 fully saturated rings. The summed E-state index contributed by atoms with van der Waals surface area (Å²) < 4.78 is 0. The smallest absolute Gasteiger partial charge is 0.229 e. The van der Waals surface area contributed by atoms with Crippen LogP contribution in [-0.4, -0.2) is 37.1 Å². The molecule has 1 saturated heterocycles. The maximum atomic E-state index is 12.5. The molecule has 0 saturated carbocycles. The summed E-state index contributed by atoms with van der Waals surface area (Å²) >= 11 is 0. The van der Waals surface area contributed by atoms with Crippen LogP contribution in [0.5, 0.6) is 0 Å². The van der Waals surface area contributed by atoms with Crippen LogP contribution >= 0.6 is 0 Å². The molecule has 0 unspecified atom stereocenters. The van der Waals surface area contributed by atoms with Gasteiger partial charge in [0.25, 0.3) is 0 Å². The van der Waals surface area contributed by atoms with Crippen LogP contribution < -0.4 is 15.5 Å². The van der Waals surface area contributed by atoms with Gasteiger partial charge in [-0.2, -0.15) is 0 Å². The maximum absolute atomic E-state index is 12.5. The van der Waals surface area contributed by atoms with E-state index >= 15 is 0 Å². The molecule has 138 valence electrons. The molecule has 2 heterocycles. The maximum Gasteiger partial charge on any atom is 0.229 e. The second-order valence-electron chi connectivity index (χ2n) is 7.84. The molecule has 1 aliphatic heterocycles. The van der Waals surface area contributed by atoms with E-state index in [1.165, 1.54) is 5.56 Å². The summed E-state index contributed by atoms with van der Waals surface area (Å²) in [5, 5.41) is 6.44. The first-order valence-electron chi connectivity index (χ1n) is 9.19. The predicted molar refractivity (Wildman–Crippen MR) is 108 cm³/mol. The Morgan fingerprint density at radius 1 is 1.15 bits per heavy atom. The Morgan fingerprint density at radius 3 is 2.50 bits per heavy atom. The van der Waals surface area contributed by atoms with Crippen molar-refractivity contribution in [1.29, 1.82) is 0 Å². The summed E-state index contributed by atoms with van der Waals surface area (Å²) in [5.74, 6) is 0.947. The van der Waals surface area contributed by atoms with Gasteiger partial charge < -0.3 is 15.5 Å². The number of carbonyl (C=O) groups is 1. The number of benzene rings is 1. The number of aryl methyl sites for hydroxylation is 1. The van der Waals surface area contributed by atoms with E-state index in [2.05, 4.69) is 45.6 Å². The number of nitrogens with one attached hydrogen (secondary N) is 2. The van der Waals surface area contributed by atoms with Gasteiger partial charge in [0.2, 0.25) is 5.91 Å². The van der Waals surface area contributed by atoms with Gasteiger partial charge in [0, 0.05) is 37.2 Å². The van der Waals surface area contributed by atoms with Crippen LogP contribution in [0.4, 0.5) is 11.5 Å². The monoisotopic (exact) mass is 352 g/mol. The number of hydrogen-bond acceptors (Lipinski definition) is 4. The molecule has 1 amide bonds. The fourth-order valence-electron chi connectivity index (χ4n) is 3.02. The molecule has 0 aliphatic carbocycles. The van der Waals surface area contributed by atoms with E-state index in [0.717, 1.165) is 48.8 Å². The molecule has 0 bridgehead atoms. The molecule has 3 rings (SSSR count). The van der Waals surface area contributed by atoms with Crippen LogP contribution in [-0.2, 0) is 4.79 Å². The summed E-state index contributed by atoms with van der Waals surface area (Å²) in [7, 11) is 0. The van der Waals surface area contributed by atoms with Gasteiger partial charge >= 0.3 is 0 Å². The van der Waals surface area contributed by atoms with Crippen molar-refractivity contribution in [3.63, 3.8) is 0 Å². The summed E-state index contributed by atoms with van der Waals surface area (Å²) in [6.45, 7) is 11.6. The van der Waals surface area contributed by atoms with Crippen molar-refractivity contribution in [2.75, 3.05) is 36.4 Å². The van der Waals surface area contributed by atoms with E-state index in [1.54, 1.807) is 6.20 Å². The van der Waals surface area contributed by atoms with Crippen molar-refractivity contribution in [1.82, 2.24) is 10.3 Å². The third kappa shape index (κ3) is 4.05. The minimum atomic E-state index is -0.458. The van der Waals surface area contributed by atoms with Crippen molar-refractivity contribution in [2.45, 2.75) is 27.7 Å². The van der Waals surface area contributed by atoms with Crippen LogP contribution in [0, 0.1) is 12.3 Å². The summed E-state index contributed by atoms with van der Waals surface area (Å²) in [4.78, 5) is 19.5. The highest BCUT2D eigenvalue weighted by Gasteiger charge is 2.23. The number of rotatable bonds is 3. The molecule has 0 spiro atoms. The largest absolute Gasteiger partial charge is 0.354 e. The topological polar surface area (TPSA) is 57.3 Å². The van der Waals surface area contributed by atoms with E-state index in [1.807, 2.05) is 32.9 Å². The molecule has 1 aliphatic rings. The second kappa shape index (κ2) is 7.46. The van der Waals surface area contributed by atoms with Gasteiger partial charge in [-0.05, 0) is 24.1 Å². The molecule has 1 aromatic carbocycles. The molecule has 0 radical (unpaired) electrons. The number of hydrogen-bond donors (Lipinski definition) is 2. The average Bonchev–Trinajstić information content (AvgIpc) is 2.62. The van der Waals surface area contributed by atoms with E-state index in [4.69, 9.17) is 0 Å². The quantitative estimate of drug-likeness (QED) is 0.888. The lowest BCUT2D eigenvalue weighted by Crippen LogP contribution is -2.43. The third-order valence-electron chi connectivity index (χ3n) is 4.70. The fraction of sp³-hybridized carbons (Fsp3) is 0.429. The van der Waals surface area contributed by atoms with E-state index in [9.17, 15) is 4.79 Å². The minimum Gasteiger partial charge on any atom is -0.354 e. The molecule has 0 atom stereocenters. The van der Waals surface area contributed by atoms with Crippen LogP contribution in [0.15, 0.2) is 36.5 Å². The summed E-state index contributed by atoms with van der Waals surface area (Å²) in [6, 6.07) is 10.4. The van der Waals surface area contributed by atoms with E-state index < -0.39 is 5.41 Å². The molecule has 5 nitrogen and oxygen atoms in total. The Kier molecular flexibility index (Phi) is 5.28. The molecular weight excluding hydrogens is 324 g/mol. The van der Waals surface area contributed by atoms with E-state index in [0.29, 0.717) is 0 Å². The number of aromatic nitrogens is 1. The van der Waals surface area contributed by atoms with E-state index in [-0.39, 0.29) is 5.91 Å². The van der Waals surface area contributed by atoms with Crippen LogP contribution in [0.2, 0.25) is 0 Å². The van der Waals surface area contributed by atoms with Gasteiger partial charge in [-0.1, -0.05) is 45.0 Å². The Balaban J connectivity index is 2.03. The van der Waals surface area contributed by atoms with Gasteiger partial charge in [-0.3, -0.25) is 4.79 Å². The zero-order chi connectivity index (χ0) is 18.7. The first-order chi connectivity index (χ1) is 12.4. The molecular formula is C21H28N4O. The lowest BCUT2D eigenvalue weighted by molar-refractivity contribution is -0.123. The van der Waals surface area contributed by atoms with Crippen molar-refractivity contribution in [2.24, 2.45) is 5.41 Å². The van der Waals surface area contributed by atoms with Gasteiger partial charge in [0.1, 0.15) is 5.82 Å². The summed E-state index contributed by atoms with van der Waals surface area (Å²) in [5.41, 5.74) is 3.62. The molecule has 2 N–H and O–H groups in total. The van der Waals surface area contributed by atoms with Crippen molar-refractivity contribution < 1.29 is 4.79 Å². The van der Waals surface area contributed by atoms with Gasteiger partial charge in [0.15, 0.2) is 0 Å². The zero-order valence-corrected chi connectivity index (χ0v) is 16.1. The second-order valence-corrected chi connectivity index (χ2v) is 7.84. The SMILES string of the molecule is Cc1ccccc1-c1cc(N2CCNCC2)ncc1NC(=O)C(C)(C)C. The Morgan fingerprint density at radius 2 is 1.85 bits per heavy atom. The highest BCUT2D eigenvalue weighted by molar-refractivity contribution is 5.98. The van der Waals surface area contributed by atoms with Gasteiger partial charge in [-0.15, -0.1) is 0 Å². The van der Waals surface area contributed by atoms with Gasteiger partial charge in [0.05, 0.1) is 11.9 Å². The van der Waals surface area contributed by atoms with Crippen molar-refractivity contribution >= 4 is 17.4 Å². The first kappa shape index (κ1) is 18.4. The summed E-state index contributed by atoms with van der Waals surface area (Å²) in [6.07, 6.45) is 1.79. The Hall–Kier alpha value is -2.40. The minimum absolute atomic E-state index is 0.0101. The van der Waals surface area contributed by atoms with Crippen LogP contribution in [0.1, 0.15) is 26.3 Å². The highest BCUT2D eigenvalue weighted by Crippen LogP contribution is 2.33. The Bertz CT molecular complexity index is 789.